The van der Waals surface area contributed by atoms with Crippen molar-refractivity contribution in [2.75, 3.05) is 30.4 Å². The number of nitrogens with zero attached hydrogens (tertiary/aromatic N) is 1. The van der Waals surface area contributed by atoms with Crippen LogP contribution in [0, 0.1) is 19.8 Å². The third kappa shape index (κ3) is 5.37. The molecule has 1 aliphatic heterocycles. The van der Waals surface area contributed by atoms with Crippen molar-refractivity contribution in [3.05, 3.63) is 53.7 Å². The summed E-state index contributed by atoms with van der Waals surface area (Å²) < 4.78 is 40.2. The van der Waals surface area contributed by atoms with Crippen LogP contribution in [0.3, 0.4) is 0 Å². The van der Waals surface area contributed by atoms with Crippen LogP contribution in [0.1, 0.15) is 31.0 Å². The Morgan fingerprint density at radius 2 is 1.88 bits per heavy atom. The summed E-state index contributed by atoms with van der Waals surface area (Å²) in [5.41, 5.74) is 3.02. The lowest BCUT2D eigenvalue weighted by Gasteiger charge is -2.28. The normalized spacial score (nSPS) is 15.6. The molecule has 0 amide bonds. The first-order chi connectivity index (χ1) is 16.3. The van der Waals surface area contributed by atoms with Crippen LogP contribution in [0.15, 0.2) is 47.4 Å². The molecule has 2 N–H and O–H groups in total. The van der Waals surface area contributed by atoms with E-state index in [0.29, 0.717) is 17.4 Å². The van der Waals surface area contributed by atoms with Crippen LogP contribution in [0.25, 0.3) is 10.4 Å². The lowest BCUT2D eigenvalue weighted by Crippen LogP contribution is -2.30. The molecule has 0 bridgehead atoms. The summed E-state index contributed by atoms with van der Waals surface area (Å²) in [6.07, 6.45) is 2.08. The highest BCUT2D eigenvalue weighted by atomic mass is 32.2. The van der Waals surface area contributed by atoms with E-state index in [1.165, 1.54) is 18.4 Å². The molecule has 1 aromatic heterocycles. The van der Waals surface area contributed by atoms with Gasteiger partial charge in [0.05, 0.1) is 23.4 Å². The molecule has 9 heteroatoms. The van der Waals surface area contributed by atoms with Gasteiger partial charge in [0.15, 0.2) is 5.13 Å². The van der Waals surface area contributed by atoms with Gasteiger partial charge in [-0.25, -0.2) is 13.4 Å². The Bertz CT molecular complexity index is 1250. The van der Waals surface area contributed by atoms with Crippen LogP contribution in [0.2, 0.25) is 0 Å². The largest absolute Gasteiger partial charge is 0.495 e. The Hall–Kier alpha value is -2.62. The number of nitrogens with one attached hydrogen (secondary N) is 2. The van der Waals surface area contributed by atoms with Crippen molar-refractivity contribution >= 4 is 32.2 Å². The molecule has 1 aliphatic rings. The molecule has 7 nitrogen and oxygen atoms in total. The van der Waals surface area contributed by atoms with Gasteiger partial charge in [0.1, 0.15) is 10.6 Å². The van der Waals surface area contributed by atoms with E-state index in [1.54, 1.807) is 24.3 Å². The van der Waals surface area contributed by atoms with E-state index in [1.807, 2.05) is 32.0 Å². The molecule has 1 unspecified atom stereocenters. The molecule has 3 aromatic rings. The number of hydrogen-bond donors (Lipinski definition) is 2. The number of para-hydroxylation sites is 1. The maximum atomic E-state index is 13.3. The third-order valence-electron chi connectivity index (χ3n) is 6.23. The molecule has 0 radical (unpaired) electrons. The average Bonchev–Trinajstić information content (AvgIpc) is 3.20. The zero-order valence-electron chi connectivity index (χ0n) is 19.9. The zero-order chi connectivity index (χ0) is 24.3. The Morgan fingerprint density at radius 3 is 2.59 bits per heavy atom. The summed E-state index contributed by atoms with van der Waals surface area (Å²) >= 11 is 1.53. The van der Waals surface area contributed by atoms with Gasteiger partial charge in [-0.2, -0.15) is 0 Å². The molecular weight excluding hydrogens is 470 g/mol. The van der Waals surface area contributed by atoms with Crippen LogP contribution in [0.5, 0.6) is 5.75 Å². The Morgan fingerprint density at radius 1 is 1.15 bits per heavy atom. The lowest BCUT2D eigenvalue weighted by atomic mass is 9.93. The highest BCUT2D eigenvalue weighted by molar-refractivity contribution is 7.92. The second kappa shape index (κ2) is 10.3. The van der Waals surface area contributed by atoms with E-state index >= 15 is 0 Å². The van der Waals surface area contributed by atoms with Crippen molar-refractivity contribution in [1.29, 1.82) is 0 Å². The molecule has 2 aromatic carbocycles. The molecule has 4 rings (SSSR count). The van der Waals surface area contributed by atoms with E-state index in [-0.39, 0.29) is 10.9 Å². The minimum Gasteiger partial charge on any atom is -0.495 e. The first-order valence-electron chi connectivity index (χ1n) is 11.4. The van der Waals surface area contributed by atoms with Crippen molar-refractivity contribution < 1.29 is 17.9 Å². The van der Waals surface area contributed by atoms with Gasteiger partial charge < -0.3 is 14.8 Å². The van der Waals surface area contributed by atoms with Gasteiger partial charge in [-0.15, -0.1) is 0 Å². The molecule has 0 saturated carbocycles. The number of benzene rings is 2. The summed E-state index contributed by atoms with van der Waals surface area (Å²) in [7, 11) is -2.40. The quantitative estimate of drug-likeness (QED) is 0.426. The fraction of sp³-hybridized carbons (Fsp3) is 0.400. The monoisotopic (exact) mass is 501 g/mol. The van der Waals surface area contributed by atoms with Crippen LogP contribution < -0.4 is 14.8 Å². The van der Waals surface area contributed by atoms with E-state index in [0.717, 1.165) is 52.9 Å². The van der Waals surface area contributed by atoms with Crippen molar-refractivity contribution in [1.82, 2.24) is 4.98 Å². The fourth-order valence-electron chi connectivity index (χ4n) is 4.17. The molecule has 34 heavy (non-hydrogen) atoms. The summed E-state index contributed by atoms with van der Waals surface area (Å²) in [5, 5.41) is 4.38. The minimum absolute atomic E-state index is 0.0913. The van der Waals surface area contributed by atoms with Crippen LogP contribution in [-0.4, -0.2) is 39.8 Å². The number of aryl methyl sites for hydroxylation is 2. The van der Waals surface area contributed by atoms with Crippen molar-refractivity contribution in [3.63, 3.8) is 0 Å². The number of ether oxygens (including phenoxy) is 2. The molecule has 182 valence electrons. The summed E-state index contributed by atoms with van der Waals surface area (Å²) in [4.78, 5) is 5.73. The summed E-state index contributed by atoms with van der Waals surface area (Å²) in [6, 6.07) is 12.8. The third-order valence-corrected chi connectivity index (χ3v) is 8.75. The van der Waals surface area contributed by atoms with Gasteiger partial charge in [0, 0.05) is 19.3 Å². The molecule has 0 spiro atoms. The molecule has 0 aliphatic carbocycles. The Kier molecular flexibility index (Phi) is 7.45. The first kappa shape index (κ1) is 24.5. The Labute approximate surface area is 205 Å². The second-order valence-electron chi connectivity index (χ2n) is 8.60. The lowest BCUT2D eigenvalue weighted by molar-refractivity contribution is 0.0622. The molecule has 2 heterocycles. The predicted octanol–water partition coefficient (Wildman–Crippen LogP) is 5.46. The second-order valence-corrected chi connectivity index (χ2v) is 11.3. The number of anilines is 2. The van der Waals surface area contributed by atoms with Crippen LogP contribution in [-0.2, 0) is 14.8 Å². The van der Waals surface area contributed by atoms with Crippen LogP contribution in [0.4, 0.5) is 10.8 Å². The molecule has 1 fully saturated rings. The highest BCUT2D eigenvalue weighted by Gasteiger charge is 2.24. The van der Waals surface area contributed by atoms with Crippen LogP contribution >= 0.6 is 11.3 Å². The maximum absolute atomic E-state index is 13.3. The number of rotatable bonds is 8. The standard InChI is InChI=1S/C25H31N3O4S2/c1-16-7-5-6-8-21(16)28-34(29,30)23-15-20(9-10-22(23)31-4)24-18(3)27-25(33-24)26-17(2)19-11-13-32-14-12-19/h5-10,15,17,19,28H,11-14H2,1-4H3,(H,26,27). The maximum Gasteiger partial charge on any atom is 0.265 e. The van der Waals surface area contributed by atoms with E-state index < -0.39 is 10.0 Å². The van der Waals surface area contributed by atoms with Crippen molar-refractivity contribution in [2.45, 2.75) is 44.6 Å². The first-order valence-corrected chi connectivity index (χ1v) is 13.7. The van der Waals surface area contributed by atoms with Gasteiger partial charge in [0.25, 0.3) is 10.0 Å². The highest BCUT2D eigenvalue weighted by Crippen LogP contribution is 2.37. The van der Waals surface area contributed by atoms with Gasteiger partial charge in [-0.05, 0) is 74.9 Å². The van der Waals surface area contributed by atoms with Crippen molar-refractivity contribution in [2.24, 2.45) is 5.92 Å². The van der Waals surface area contributed by atoms with Crippen molar-refractivity contribution in [3.8, 4) is 16.2 Å². The topological polar surface area (TPSA) is 89.5 Å². The minimum atomic E-state index is -3.87. The van der Waals surface area contributed by atoms with E-state index in [2.05, 4.69) is 17.0 Å². The average molecular weight is 502 g/mol. The van der Waals surface area contributed by atoms with E-state index in [9.17, 15) is 8.42 Å². The SMILES string of the molecule is COc1ccc(-c2sc(NC(C)C3CCOCC3)nc2C)cc1S(=O)(=O)Nc1ccccc1C. The number of methoxy groups -OCH3 is 1. The number of aromatic nitrogens is 1. The fourth-order valence-corrected chi connectivity index (χ4v) is 6.56. The van der Waals surface area contributed by atoms with Gasteiger partial charge >= 0.3 is 0 Å². The van der Waals surface area contributed by atoms with Gasteiger partial charge in [-0.1, -0.05) is 29.5 Å². The smallest absolute Gasteiger partial charge is 0.265 e. The number of hydrogen-bond acceptors (Lipinski definition) is 7. The molecule has 1 atom stereocenters. The van der Waals surface area contributed by atoms with Gasteiger partial charge in [-0.3, -0.25) is 4.72 Å². The zero-order valence-corrected chi connectivity index (χ0v) is 21.6. The summed E-state index contributed by atoms with van der Waals surface area (Å²) in [6.45, 7) is 7.60. The predicted molar refractivity (Wildman–Crippen MR) is 137 cm³/mol. The number of thiazole rings is 1. The number of sulfonamides is 1. The molecular formula is C25H31N3O4S2. The molecule has 1 saturated heterocycles. The summed E-state index contributed by atoms with van der Waals surface area (Å²) in [5.74, 6) is 0.838. The van der Waals surface area contributed by atoms with E-state index in [4.69, 9.17) is 14.5 Å². The van der Waals surface area contributed by atoms with Gasteiger partial charge in [0.2, 0.25) is 0 Å². The Balaban J connectivity index is 1.62.